The largest absolute Gasteiger partial charge is 0.311 e. The Hall–Kier alpha value is -6.64. The van der Waals surface area contributed by atoms with Crippen LogP contribution in [0.2, 0.25) is 0 Å². The summed E-state index contributed by atoms with van der Waals surface area (Å²) in [4.78, 5) is 4.78. The Morgan fingerprint density at radius 2 is 0.948 bits per heavy atom. The second-order valence-electron chi connectivity index (χ2n) is 17.0. The highest BCUT2D eigenvalue weighted by atomic mass is 15.2. The third-order valence-electron chi connectivity index (χ3n) is 12.9. The Morgan fingerprint density at radius 3 is 1.60 bits per heavy atom. The summed E-state index contributed by atoms with van der Waals surface area (Å²) in [5.41, 5.74) is 19.1. The highest BCUT2D eigenvalue weighted by molar-refractivity contribution is 5.86. The lowest BCUT2D eigenvalue weighted by Gasteiger charge is -2.32. The predicted octanol–water partition coefficient (Wildman–Crippen LogP) is 15.1. The molecular formula is C56H48N2. The van der Waals surface area contributed by atoms with Gasteiger partial charge in [0.05, 0.1) is 0 Å². The molecule has 0 aliphatic heterocycles. The van der Waals surface area contributed by atoms with Crippen LogP contribution in [0.15, 0.2) is 199 Å². The van der Waals surface area contributed by atoms with Crippen molar-refractivity contribution in [3.8, 4) is 11.1 Å². The number of allylic oxidation sites excluding steroid dienone is 3. The molecule has 0 saturated heterocycles. The number of hydrogen-bond acceptors (Lipinski definition) is 2. The first-order valence-corrected chi connectivity index (χ1v) is 20.6. The fourth-order valence-electron chi connectivity index (χ4n) is 9.82. The molecule has 7 aromatic rings. The van der Waals surface area contributed by atoms with Gasteiger partial charge in [-0.15, -0.1) is 0 Å². The van der Waals surface area contributed by atoms with Gasteiger partial charge in [-0.25, -0.2) is 0 Å². The summed E-state index contributed by atoms with van der Waals surface area (Å²) in [7, 11) is 0. The maximum atomic E-state index is 2.46. The van der Waals surface area contributed by atoms with E-state index in [1.807, 2.05) is 0 Å². The van der Waals surface area contributed by atoms with E-state index in [0.29, 0.717) is 5.92 Å². The molecule has 2 nitrogen and oxygen atoms in total. The van der Waals surface area contributed by atoms with Crippen LogP contribution in [0.4, 0.5) is 28.4 Å². The van der Waals surface area contributed by atoms with Crippen molar-refractivity contribution in [2.24, 2.45) is 0 Å². The molecule has 7 aromatic carbocycles. The van der Waals surface area contributed by atoms with Crippen molar-refractivity contribution in [2.45, 2.75) is 50.9 Å². The van der Waals surface area contributed by atoms with Gasteiger partial charge in [0.25, 0.3) is 0 Å². The van der Waals surface area contributed by atoms with E-state index in [1.165, 1.54) is 50.3 Å². The van der Waals surface area contributed by atoms with Crippen LogP contribution >= 0.6 is 0 Å². The number of benzene rings is 7. The van der Waals surface area contributed by atoms with E-state index in [0.717, 1.165) is 40.3 Å². The van der Waals surface area contributed by atoms with Gasteiger partial charge in [0.15, 0.2) is 0 Å². The van der Waals surface area contributed by atoms with E-state index in [-0.39, 0.29) is 10.8 Å². The summed E-state index contributed by atoms with van der Waals surface area (Å²) < 4.78 is 0. The molecule has 0 aromatic heterocycles. The van der Waals surface area contributed by atoms with E-state index in [4.69, 9.17) is 0 Å². The van der Waals surface area contributed by atoms with E-state index < -0.39 is 0 Å². The van der Waals surface area contributed by atoms with Crippen molar-refractivity contribution in [3.05, 3.63) is 233 Å². The first kappa shape index (κ1) is 35.8. The Labute approximate surface area is 343 Å². The lowest BCUT2D eigenvalue weighted by molar-refractivity contribution is 0.609. The van der Waals surface area contributed by atoms with Gasteiger partial charge in [-0.3, -0.25) is 0 Å². The molecule has 1 atom stereocenters. The number of nitrogens with zero attached hydrogens (tertiary/aromatic N) is 2. The first-order valence-electron chi connectivity index (χ1n) is 20.6. The minimum absolute atomic E-state index is 0.00180. The van der Waals surface area contributed by atoms with Gasteiger partial charge in [0.2, 0.25) is 0 Å². The zero-order chi connectivity index (χ0) is 39.4. The van der Waals surface area contributed by atoms with Gasteiger partial charge in [0, 0.05) is 50.9 Å². The van der Waals surface area contributed by atoms with Crippen LogP contribution in [0.25, 0.3) is 23.3 Å². The van der Waals surface area contributed by atoms with Gasteiger partial charge in [-0.2, -0.15) is 0 Å². The van der Waals surface area contributed by atoms with Gasteiger partial charge >= 0.3 is 0 Å². The van der Waals surface area contributed by atoms with Crippen LogP contribution in [0, 0.1) is 0 Å². The second-order valence-corrected chi connectivity index (χ2v) is 17.0. The lowest BCUT2D eigenvalue weighted by atomic mass is 9.78. The Bertz CT molecular complexity index is 2730. The fourth-order valence-corrected chi connectivity index (χ4v) is 9.82. The van der Waals surface area contributed by atoms with Crippen LogP contribution in [0.3, 0.4) is 0 Å². The molecule has 1 unspecified atom stereocenters. The van der Waals surface area contributed by atoms with E-state index in [2.05, 4.69) is 238 Å². The standard InChI is InChI=1S/C56H48N2/c1-55(2)51-21-13-11-19-47(51)49-35-33-45(37-53(49)55)57(41-15-7-5-8-16-41)43-29-25-39(26-30-43)23-24-40-27-31-44(32-28-40)58(42-17-9-6-10-18-42)46-34-36-50-48-20-12-14-22-52(48)56(3,4)54(50)38-46/h5-35,37-38,50H,36H2,1-4H3/b24-23+. The fraction of sp³-hybridized carbons (Fsp3) is 0.143. The third kappa shape index (κ3) is 6.03. The van der Waals surface area contributed by atoms with Crippen LogP contribution in [-0.2, 0) is 10.8 Å². The van der Waals surface area contributed by atoms with Crippen LogP contribution in [0.1, 0.15) is 73.4 Å². The Morgan fingerprint density at radius 1 is 0.448 bits per heavy atom. The molecule has 0 bridgehead atoms. The van der Waals surface area contributed by atoms with Crippen LogP contribution < -0.4 is 9.80 Å². The highest BCUT2D eigenvalue weighted by Gasteiger charge is 2.42. The molecule has 0 radical (unpaired) electrons. The van der Waals surface area contributed by atoms with Crippen molar-refractivity contribution >= 4 is 40.6 Å². The molecule has 282 valence electrons. The summed E-state index contributed by atoms with van der Waals surface area (Å²) in [5.74, 6) is 0.445. The number of hydrogen-bond donors (Lipinski definition) is 0. The monoisotopic (exact) mass is 748 g/mol. The molecule has 3 aliphatic carbocycles. The maximum Gasteiger partial charge on any atom is 0.0465 e. The van der Waals surface area contributed by atoms with Crippen molar-refractivity contribution in [3.63, 3.8) is 0 Å². The van der Waals surface area contributed by atoms with Gasteiger partial charge in [-0.05, 0) is 118 Å². The molecule has 3 aliphatic rings. The Kier molecular flexibility index (Phi) is 8.68. The third-order valence-corrected chi connectivity index (χ3v) is 12.9. The minimum atomic E-state index is -0.0643. The lowest BCUT2D eigenvalue weighted by Crippen LogP contribution is -2.22. The predicted molar refractivity (Wildman–Crippen MR) is 246 cm³/mol. The molecule has 0 spiro atoms. The van der Waals surface area contributed by atoms with Crippen molar-refractivity contribution in [1.82, 2.24) is 0 Å². The van der Waals surface area contributed by atoms with Crippen LogP contribution in [0.5, 0.6) is 0 Å². The highest BCUT2D eigenvalue weighted by Crippen LogP contribution is 2.54. The van der Waals surface area contributed by atoms with Crippen molar-refractivity contribution < 1.29 is 0 Å². The number of rotatable bonds is 8. The normalized spacial score (nSPS) is 16.8. The molecule has 58 heavy (non-hydrogen) atoms. The van der Waals surface area contributed by atoms with Crippen molar-refractivity contribution in [2.75, 3.05) is 9.80 Å². The summed E-state index contributed by atoms with van der Waals surface area (Å²) in [5, 5.41) is 0. The summed E-state index contributed by atoms with van der Waals surface area (Å²) in [6.45, 7) is 9.46. The Balaban J connectivity index is 0.915. The van der Waals surface area contributed by atoms with Crippen LogP contribution in [-0.4, -0.2) is 0 Å². The quantitative estimate of drug-likeness (QED) is 0.143. The minimum Gasteiger partial charge on any atom is -0.311 e. The summed E-state index contributed by atoms with van der Waals surface area (Å²) >= 11 is 0. The topological polar surface area (TPSA) is 6.48 Å². The second kappa shape index (κ2) is 14.1. The molecule has 0 heterocycles. The van der Waals surface area contributed by atoms with E-state index in [9.17, 15) is 0 Å². The van der Waals surface area contributed by atoms with Gasteiger partial charge in [-0.1, -0.05) is 167 Å². The number of para-hydroxylation sites is 2. The van der Waals surface area contributed by atoms with E-state index in [1.54, 1.807) is 0 Å². The van der Waals surface area contributed by atoms with Gasteiger partial charge < -0.3 is 9.80 Å². The molecule has 2 heteroatoms. The maximum absolute atomic E-state index is 2.46. The first-order chi connectivity index (χ1) is 28.3. The molecule has 0 amide bonds. The van der Waals surface area contributed by atoms with Crippen molar-refractivity contribution in [1.29, 1.82) is 0 Å². The zero-order valence-corrected chi connectivity index (χ0v) is 33.7. The molecule has 0 fully saturated rings. The van der Waals surface area contributed by atoms with Gasteiger partial charge in [0.1, 0.15) is 0 Å². The average molecular weight is 749 g/mol. The van der Waals surface area contributed by atoms with E-state index >= 15 is 0 Å². The average Bonchev–Trinajstić information content (AvgIpc) is 3.64. The molecule has 0 N–H and O–H groups in total. The summed E-state index contributed by atoms with van der Waals surface area (Å²) in [6.07, 6.45) is 10.3. The smallest absolute Gasteiger partial charge is 0.0465 e. The number of fused-ring (bicyclic) bond motifs is 6. The zero-order valence-electron chi connectivity index (χ0n) is 33.7. The molecular weight excluding hydrogens is 701 g/mol. The molecule has 0 saturated carbocycles. The molecule has 10 rings (SSSR count). The summed E-state index contributed by atoms with van der Waals surface area (Å²) in [6, 6.07) is 64.2. The SMILES string of the molecule is CC1(C)C2=CC(N(c3ccccc3)c3ccc(/C=C/c4ccc(N(c5ccccc5)c5ccc6c(c5)C(C)(C)c5ccccc5-6)cc4)cc3)=CCC2c2ccccc21. The number of anilines is 5.